The molecule has 2 atom stereocenters. The molecule has 1 aliphatic rings. The lowest BCUT2D eigenvalue weighted by molar-refractivity contribution is 0.381. The topological polar surface area (TPSA) is 55.9 Å². The summed E-state index contributed by atoms with van der Waals surface area (Å²) in [6, 6.07) is 14.6. The fourth-order valence-corrected chi connectivity index (χ4v) is 2.76. The lowest BCUT2D eigenvalue weighted by Gasteiger charge is -2.31. The lowest BCUT2D eigenvalue weighted by Crippen LogP contribution is -2.26. The van der Waals surface area contributed by atoms with E-state index in [1.807, 2.05) is 22.8 Å². The fraction of sp³-hybridized carbons (Fsp3) is 0.200. The molecule has 0 saturated heterocycles. The number of furan rings is 1. The van der Waals surface area contributed by atoms with Gasteiger partial charge in [-0.2, -0.15) is 0 Å². The summed E-state index contributed by atoms with van der Waals surface area (Å²) >= 11 is 0. The number of benzene rings is 1. The first kappa shape index (κ1) is 11.3. The molecule has 1 aromatic carbocycles. The smallest absolute Gasteiger partial charge is 0.225 e. The van der Waals surface area contributed by atoms with Gasteiger partial charge >= 0.3 is 0 Å². The molecule has 4 rings (SSSR count). The van der Waals surface area contributed by atoms with E-state index >= 15 is 0 Å². The molecular formula is C15H14N4O. The van der Waals surface area contributed by atoms with Gasteiger partial charge in [-0.1, -0.05) is 30.3 Å². The van der Waals surface area contributed by atoms with Gasteiger partial charge in [0.2, 0.25) is 5.95 Å². The van der Waals surface area contributed by atoms with Crippen molar-refractivity contribution in [2.75, 3.05) is 5.32 Å². The molecule has 3 heterocycles. The van der Waals surface area contributed by atoms with Crippen molar-refractivity contribution in [3.8, 4) is 0 Å². The van der Waals surface area contributed by atoms with Crippen LogP contribution in [0.4, 0.5) is 5.95 Å². The van der Waals surface area contributed by atoms with Gasteiger partial charge in [0, 0.05) is 0 Å². The van der Waals surface area contributed by atoms with Crippen molar-refractivity contribution in [1.82, 2.24) is 14.8 Å². The molecule has 5 nitrogen and oxygen atoms in total. The van der Waals surface area contributed by atoms with Crippen LogP contribution in [0.3, 0.4) is 0 Å². The van der Waals surface area contributed by atoms with Crippen molar-refractivity contribution < 1.29 is 4.42 Å². The Hall–Kier alpha value is -2.56. The Morgan fingerprint density at radius 2 is 2.05 bits per heavy atom. The largest absolute Gasteiger partial charge is 0.467 e. The number of hydrogen-bond donors (Lipinski definition) is 1. The SMILES string of the molecule is c1ccc(C2CC(c3ccco3)n3cnnc3N2)cc1. The van der Waals surface area contributed by atoms with Gasteiger partial charge in [0.15, 0.2) is 0 Å². The predicted octanol–water partition coefficient (Wildman–Crippen LogP) is 3.02. The highest BCUT2D eigenvalue weighted by atomic mass is 16.3. The van der Waals surface area contributed by atoms with E-state index in [1.165, 1.54) is 5.56 Å². The maximum Gasteiger partial charge on any atom is 0.225 e. The summed E-state index contributed by atoms with van der Waals surface area (Å²) in [5, 5.41) is 11.6. The zero-order valence-corrected chi connectivity index (χ0v) is 10.8. The minimum atomic E-state index is 0.126. The number of nitrogens with one attached hydrogen (secondary N) is 1. The Morgan fingerprint density at radius 3 is 2.85 bits per heavy atom. The van der Waals surface area contributed by atoms with Crippen molar-refractivity contribution in [3.05, 3.63) is 66.4 Å². The third-order valence-electron chi connectivity index (χ3n) is 3.74. The molecule has 100 valence electrons. The highest BCUT2D eigenvalue weighted by Crippen LogP contribution is 2.37. The van der Waals surface area contributed by atoms with Crippen LogP contribution in [0.1, 0.15) is 29.8 Å². The number of fused-ring (bicyclic) bond motifs is 1. The number of nitrogens with zero attached hydrogens (tertiary/aromatic N) is 3. The van der Waals surface area contributed by atoms with Crippen LogP contribution < -0.4 is 5.32 Å². The molecule has 1 aliphatic heterocycles. The van der Waals surface area contributed by atoms with Crippen LogP contribution in [-0.2, 0) is 0 Å². The zero-order chi connectivity index (χ0) is 13.4. The summed E-state index contributed by atoms with van der Waals surface area (Å²) in [5.41, 5.74) is 1.25. The predicted molar refractivity (Wildman–Crippen MR) is 74.3 cm³/mol. The van der Waals surface area contributed by atoms with Crippen molar-refractivity contribution in [2.24, 2.45) is 0 Å². The van der Waals surface area contributed by atoms with Gasteiger partial charge in [-0.3, -0.25) is 4.57 Å². The van der Waals surface area contributed by atoms with Gasteiger partial charge < -0.3 is 9.73 Å². The highest BCUT2D eigenvalue weighted by molar-refractivity contribution is 5.37. The molecule has 20 heavy (non-hydrogen) atoms. The van der Waals surface area contributed by atoms with Gasteiger partial charge in [-0.25, -0.2) is 0 Å². The average molecular weight is 266 g/mol. The Balaban J connectivity index is 1.74. The van der Waals surface area contributed by atoms with Crippen LogP contribution in [0.5, 0.6) is 0 Å². The molecule has 0 bridgehead atoms. The number of anilines is 1. The standard InChI is InChI=1S/C15H14N4O/c1-2-5-11(6-3-1)12-9-13(14-7-4-8-20-14)19-10-16-18-15(19)17-12/h1-8,10,12-13H,9H2,(H,17,18). The Kier molecular flexibility index (Phi) is 2.55. The summed E-state index contributed by atoms with van der Waals surface area (Å²) in [6.07, 6.45) is 4.36. The van der Waals surface area contributed by atoms with E-state index in [-0.39, 0.29) is 12.1 Å². The first-order valence-electron chi connectivity index (χ1n) is 6.66. The number of hydrogen-bond acceptors (Lipinski definition) is 4. The molecule has 1 N–H and O–H groups in total. The summed E-state index contributed by atoms with van der Waals surface area (Å²) in [6.45, 7) is 0. The first-order chi connectivity index (χ1) is 9.92. The molecule has 0 fully saturated rings. The van der Waals surface area contributed by atoms with Gasteiger partial charge in [0.1, 0.15) is 12.1 Å². The van der Waals surface area contributed by atoms with Crippen LogP contribution in [0.2, 0.25) is 0 Å². The Labute approximate surface area is 116 Å². The second-order valence-electron chi connectivity index (χ2n) is 4.94. The van der Waals surface area contributed by atoms with Crippen LogP contribution in [0.25, 0.3) is 0 Å². The molecular weight excluding hydrogens is 252 g/mol. The van der Waals surface area contributed by atoms with Crippen LogP contribution in [-0.4, -0.2) is 14.8 Å². The van der Waals surface area contributed by atoms with Crippen molar-refractivity contribution in [3.63, 3.8) is 0 Å². The van der Waals surface area contributed by atoms with E-state index in [0.717, 1.165) is 18.1 Å². The van der Waals surface area contributed by atoms with Crippen LogP contribution in [0.15, 0.2) is 59.5 Å². The maximum atomic E-state index is 5.58. The summed E-state index contributed by atoms with van der Waals surface area (Å²) in [7, 11) is 0. The molecule has 0 spiro atoms. The van der Waals surface area contributed by atoms with Crippen molar-refractivity contribution in [2.45, 2.75) is 18.5 Å². The monoisotopic (exact) mass is 266 g/mol. The second-order valence-corrected chi connectivity index (χ2v) is 4.94. The minimum Gasteiger partial charge on any atom is -0.467 e. The third-order valence-corrected chi connectivity index (χ3v) is 3.74. The molecule has 0 saturated carbocycles. The van der Waals surface area contributed by atoms with Crippen molar-refractivity contribution >= 4 is 5.95 Å². The first-order valence-corrected chi connectivity index (χ1v) is 6.66. The van der Waals surface area contributed by atoms with Crippen molar-refractivity contribution in [1.29, 1.82) is 0 Å². The molecule has 0 amide bonds. The van der Waals surface area contributed by atoms with E-state index in [1.54, 1.807) is 12.6 Å². The van der Waals surface area contributed by atoms with E-state index in [9.17, 15) is 0 Å². The normalized spacial score (nSPS) is 21.2. The second kappa shape index (κ2) is 4.52. The lowest BCUT2D eigenvalue weighted by atomic mass is 9.96. The van der Waals surface area contributed by atoms with Crippen LogP contribution in [0, 0.1) is 0 Å². The van der Waals surface area contributed by atoms with E-state index < -0.39 is 0 Å². The number of aromatic nitrogens is 3. The van der Waals surface area contributed by atoms with Crippen LogP contribution >= 0.6 is 0 Å². The quantitative estimate of drug-likeness (QED) is 0.774. The van der Waals surface area contributed by atoms with Gasteiger partial charge in [0.05, 0.1) is 18.3 Å². The molecule has 2 unspecified atom stereocenters. The molecule has 0 radical (unpaired) electrons. The zero-order valence-electron chi connectivity index (χ0n) is 10.8. The number of rotatable bonds is 2. The maximum absolute atomic E-state index is 5.58. The molecule has 2 aromatic heterocycles. The molecule has 3 aromatic rings. The molecule has 5 heteroatoms. The van der Waals surface area contributed by atoms with E-state index in [4.69, 9.17) is 4.42 Å². The minimum absolute atomic E-state index is 0.126. The van der Waals surface area contributed by atoms with Gasteiger partial charge in [0.25, 0.3) is 0 Å². The van der Waals surface area contributed by atoms with Gasteiger partial charge in [-0.15, -0.1) is 10.2 Å². The van der Waals surface area contributed by atoms with E-state index in [2.05, 4.69) is 39.8 Å². The Bertz CT molecular complexity index is 690. The summed E-state index contributed by atoms with van der Waals surface area (Å²) in [4.78, 5) is 0. The summed E-state index contributed by atoms with van der Waals surface area (Å²) in [5.74, 6) is 1.72. The Morgan fingerprint density at radius 1 is 1.15 bits per heavy atom. The van der Waals surface area contributed by atoms with E-state index in [0.29, 0.717) is 0 Å². The fourth-order valence-electron chi connectivity index (χ4n) is 2.76. The highest BCUT2D eigenvalue weighted by Gasteiger charge is 2.30. The third kappa shape index (κ3) is 1.79. The van der Waals surface area contributed by atoms with Gasteiger partial charge in [-0.05, 0) is 24.1 Å². The summed E-state index contributed by atoms with van der Waals surface area (Å²) < 4.78 is 7.61. The molecule has 0 aliphatic carbocycles. The average Bonchev–Trinajstić information content (AvgIpc) is 3.18.